The van der Waals surface area contributed by atoms with Crippen molar-refractivity contribution >= 4 is 5.91 Å². The van der Waals surface area contributed by atoms with E-state index in [-0.39, 0.29) is 11.9 Å². The Bertz CT molecular complexity index is 524. The number of fused-ring (bicyclic) bond motifs is 1. The highest BCUT2D eigenvalue weighted by atomic mass is 16.7. The van der Waals surface area contributed by atoms with Crippen LogP contribution in [0.1, 0.15) is 38.3 Å². The van der Waals surface area contributed by atoms with Crippen molar-refractivity contribution in [3.8, 4) is 11.5 Å². The average Bonchev–Trinajstić information content (AvgIpc) is 2.95. The lowest BCUT2D eigenvalue weighted by atomic mass is 10.0. The van der Waals surface area contributed by atoms with E-state index in [4.69, 9.17) is 9.47 Å². The zero-order chi connectivity index (χ0) is 14.8. The maximum absolute atomic E-state index is 11.3. The summed E-state index contributed by atoms with van der Waals surface area (Å²) < 4.78 is 10.8. The van der Waals surface area contributed by atoms with Crippen LogP contribution in [0.2, 0.25) is 0 Å². The molecule has 2 aliphatic heterocycles. The van der Waals surface area contributed by atoms with E-state index in [1.165, 1.54) is 5.56 Å². The summed E-state index contributed by atoms with van der Waals surface area (Å²) in [6.45, 7) is 5.81. The molecule has 1 aromatic carbocycles. The Morgan fingerprint density at radius 1 is 1.29 bits per heavy atom. The summed E-state index contributed by atoms with van der Waals surface area (Å²) in [5.74, 6) is 1.82. The molecule has 3 rings (SSSR count). The number of carbonyl (C=O) groups excluding carboxylic acids is 1. The molecule has 0 saturated carbocycles. The first-order valence-electron chi connectivity index (χ1n) is 7.54. The van der Waals surface area contributed by atoms with Crippen molar-refractivity contribution < 1.29 is 14.3 Å². The van der Waals surface area contributed by atoms with Crippen LogP contribution in [0.15, 0.2) is 18.2 Å². The van der Waals surface area contributed by atoms with Crippen molar-refractivity contribution in [2.45, 2.75) is 38.8 Å². The van der Waals surface area contributed by atoms with Gasteiger partial charge in [0.05, 0.1) is 0 Å². The van der Waals surface area contributed by atoms with Gasteiger partial charge in [0.15, 0.2) is 11.5 Å². The first kappa shape index (κ1) is 14.2. The predicted molar refractivity (Wildman–Crippen MR) is 79.4 cm³/mol. The summed E-state index contributed by atoms with van der Waals surface area (Å²) >= 11 is 0. The molecule has 5 heteroatoms. The monoisotopic (exact) mass is 290 g/mol. The number of ether oxygens (including phenoxy) is 2. The highest BCUT2D eigenvalue weighted by Gasteiger charge is 2.23. The molecule has 21 heavy (non-hydrogen) atoms. The molecule has 2 heterocycles. The normalized spacial score (nSPS) is 19.6. The number of carbonyl (C=O) groups is 1. The van der Waals surface area contributed by atoms with Gasteiger partial charge in [0.1, 0.15) is 0 Å². The number of likely N-dealkylation sites (tertiary alicyclic amines) is 1. The Hall–Kier alpha value is -1.75. The van der Waals surface area contributed by atoms with Gasteiger partial charge in [-0.1, -0.05) is 6.07 Å². The summed E-state index contributed by atoms with van der Waals surface area (Å²) in [7, 11) is 0. The van der Waals surface area contributed by atoms with Gasteiger partial charge < -0.3 is 19.7 Å². The van der Waals surface area contributed by atoms with Gasteiger partial charge in [-0.2, -0.15) is 0 Å². The third kappa shape index (κ3) is 3.13. The molecule has 1 saturated heterocycles. The molecule has 2 aliphatic rings. The molecule has 0 aliphatic carbocycles. The lowest BCUT2D eigenvalue weighted by Gasteiger charge is -2.33. The van der Waals surface area contributed by atoms with Gasteiger partial charge in [-0.05, 0) is 37.5 Å². The highest BCUT2D eigenvalue weighted by Crippen LogP contribution is 2.34. The quantitative estimate of drug-likeness (QED) is 0.926. The van der Waals surface area contributed by atoms with Gasteiger partial charge in [-0.25, -0.2) is 0 Å². The zero-order valence-corrected chi connectivity index (χ0v) is 12.6. The van der Waals surface area contributed by atoms with Crippen molar-refractivity contribution in [3.05, 3.63) is 23.8 Å². The van der Waals surface area contributed by atoms with E-state index in [0.717, 1.165) is 37.4 Å². The Labute approximate surface area is 125 Å². The standard InChI is InChI=1S/C16H22N2O3/c1-11(13-3-4-15-16(9-13)21-10-20-15)17-14-5-7-18(8-6-14)12(2)19/h3-4,9,11,14,17H,5-8,10H2,1-2H3. The maximum atomic E-state index is 11.3. The number of hydrogen-bond donors (Lipinski definition) is 1. The van der Waals surface area contributed by atoms with Crippen LogP contribution in [-0.2, 0) is 4.79 Å². The van der Waals surface area contributed by atoms with Crippen LogP contribution in [-0.4, -0.2) is 36.7 Å². The van der Waals surface area contributed by atoms with Crippen LogP contribution in [0.4, 0.5) is 0 Å². The zero-order valence-electron chi connectivity index (χ0n) is 12.6. The summed E-state index contributed by atoms with van der Waals surface area (Å²) in [6, 6.07) is 6.81. The lowest BCUT2D eigenvalue weighted by Crippen LogP contribution is -2.44. The van der Waals surface area contributed by atoms with Crippen LogP contribution in [0, 0.1) is 0 Å². The van der Waals surface area contributed by atoms with Crippen molar-refractivity contribution in [2.75, 3.05) is 19.9 Å². The Kier molecular flexibility index (Phi) is 4.01. The van der Waals surface area contributed by atoms with Crippen LogP contribution in [0.5, 0.6) is 11.5 Å². The molecule has 1 amide bonds. The van der Waals surface area contributed by atoms with E-state index in [1.807, 2.05) is 17.0 Å². The van der Waals surface area contributed by atoms with E-state index in [1.54, 1.807) is 6.92 Å². The first-order valence-corrected chi connectivity index (χ1v) is 7.54. The van der Waals surface area contributed by atoms with E-state index >= 15 is 0 Å². The van der Waals surface area contributed by atoms with Crippen LogP contribution >= 0.6 is 0 Å². The lowest BCUT2D eigenvalue weighted by molar-refractivity contribution is -0.129. The van der Waals surface area contributed by atoms with Crippen LogP contribution < -0.4 is 14.8 Å². The Balaban J connectivity index is 1.57. The van der Waals surface area contributed by atoms with E-state index in [2.05, 4.69) is 18.3 Å². The van der Waals surface area contributed by atoms with Crippen LogP contribution in [0.3, 0.4) is 0 Å². The van der Waals surface area contributed by atoms with Crippen molar-refractivity contribution in [3.63, 3.8) is 0 Å². The second kappa shape index (κ2) is 5.93. The predicted octanol–water partition coefficient (Wildman–Crippen LogP) is 2.08. The van der Waals surface area contributed by atoms with Gasteiger partial charge in [-0.15, -0.1) is 0 Å². The summed E-state index contributed by atoms with van der Waals surface area (Å²) in [5.41, 5.74) is 1.20. The first-order chi connectivity index (χ1) is 10.1. The number of nitrogens with one attached hydrogen (secondary N) is 1. The number of hydrogen-bond acceptors (Lipinski definition) is 4. The van der Waals surface area contributed by atoms with E-state index < -0.39 is 0 Å². The summed E-state index contributed by atoms with van der Waals surface area (Å²) in [6.07, 6.45) is 2.02. The highest BCUT2D eigenvalue weighted by molar-refractivity contribution is 5.73. The maximum Gasteiger partial charge on any atom is 0.231 e. The molecule has 5 nitrogen and oxygen atoms in total. The summed E-state index contributed by atoms with van der Waals surface area (Å²) in [4.78, 5) is 13.3. The number of nitrogens with zero attached hydrogens (tertiary/aromatic N) is 1. The smallest absolute Gasteiger partial charge is 0.231 e. The molecule has 1 aromatic rings. The van der Waals surface area contributed by atoms with E-state index in [9.17, 15) is 4.79 Å². The summed E-state index contributed by atoms with van der Waals surface area (Å²) in [5, 5.41) is 3.65. The topological polar surface area (TPSA) is 50.8 Å². The van der Waals surface area contributed by atoms with Gasteiger partial charge >= 0.3 is 0 Å². The fourth-order valence-corrected chi connectivity index (χ4v) is 2.99. The number of amides is 1. The molecule has 1 fully saturated rings. The molecule has 1 unspecified atom stereocenters. The van der Waals surface area contributed by atoms with Gasteiger partial charge in [0.25, 0.3) is 0 Å². The van der Waals surface area contributed by atoms with Gasteiger partial charge in [0, 0.05) is 32.1 Å². The van der Waals surface area contributed by atoms with Crippen molar-refractivity contribution in [1.29, 1.82) is 0 Å². The SMILES string of the molecule is CC(=O)N1CCC(NC(C)c2ccc3c(c2)OCO3)CC1. The third-order valence-electron chi connectivity index (χ3n) is 4.32. The minimum atomic E-state index is 0.178. The minimum Gasteiger partial charge on any atom is -0.454 e. The number of rotatable bonds is 3. The Morgan fingerprint density at radius 3 is 2.71 bits per heavy atom. The Morgan fingerprint density at radius 2 is 2.00 bits per heavy atom. The molecular formula is C16H22N2O3. The molecule has 0 radical (unpaired) electrons. The molecule has 0 spiro atoms. The second-order valence-electron chi connectivity index (χ2n) is 5.78. The molecular weight excluding hydrogens is 268 g/mol. The van der Waals surface area contributed by atoms with Gasteiger partial charge in [0.2, 0.25) is 12.7 Å². The van der Waals surface area contributed by atoms with Crippen molar-refractivity contribution in [2.24, 2.45) is 0 Å². The molecule has 1 atom stereocenters. The second-order valence-corrected chi connectivity index (χ2v) is 5.78. The fourth-order valence-electron chi connectivity index (χ4n) is 2.99. The fraction of sp³-hybridized carbons (Fsp3) is 0.562. The molecule has 1 N–H and O–H groups in total. The van der Waals surface area contributed by atoms with E-state index in [0.29, 0.717) is 12.8 Å². The van der Waals surface area contributed by atoms with Crippen LogP contribution in [0.25, 0.3) is 0 Å². The largest absolute Gasteiger partial charge is 0.454 e. The number of piperidine rings is 1. The minimum absolute atomic E-state index is 0.178. The van der Waals surface area contributed by atoms with Gasteiger partial charge in [-0.3, -0.25) is 4.79 Å². The van der Waals surface area contributed by atoms with Crippen molar-refractivity contribution in [1.82, 2.24) is 10.2 Å². The average molecular weight is 290 g/mol. The molecule has 0 aromatic heterocycles. The number of benzene rings is 1. The third-order valence-corrected chi connectivity index (χ3v) is 4.32. The molecule has 114 valence electrons. The molecule has 0 bridgehead atoms.